The molecular formula is C23H60O6Si6. The van der Waals surface area contributed by atoms with Crippen LogP contribution in [0.2, 0.25) is 111 Å². The summed E-state index contributed by atoms with van der Waals surface area (Å²) in [4.78, 5) is 21.4. The van der Waals surface area contributed by atoms with Crippen LogP contribution in [0.5, 0.6) is 0 Å². The Kier molecular flexibility index (Phi) is 17.8. The predicted molar refractivity (Wildman–Crippen MR) is 168 cm³/mol. The first-order valence-corrected chi connectivity index (χ1v) is 32.6. The summed E-state index contributed by atoms with van der Waals surface area (Å²) in [6.45, 7) is 38.1. The molecule has 0 aliphatic rings. The standard InChI is InChI=1S/C9H22O2Si2.C8H20O3Si2.C6H18OSi2/c1-9(10)7-8-13(5,6)11-12(2,3)4;1-8(9)10-7-13(5,6)11-12(2,3)4;1-8(2,3)7-9(4,5)6/h7-8H2,1-6H3;7H2,1-6H3;1-6H3. The van der Waals surface area contributed by atoms with Gasteiger partial charge in [-0.2, -0.15) is 0 Å². The van der Waals surface area contributed by atoms with Crippen LogP contribution in [0.4, 0.5) is 0 Å². The van der Waals surface area contributed by atoms with Crippen molar-refractivity contribution in [2.75, 3.05) is 6.23 Å². The van der Waals surface area contributed by atoms with Crippen LogP contribution in [0.15, 0.2) is 0 Å². The van der Waals surface area contributed by atoms with E-state index in [0.717, 1.165) is 6.04 Å². The van der Waals surface area contributed by atoms with E-state index in [4.69, 9.17) is 17.1 Å². The third-order valence-corrected chi connectivity index (χ3v) is 20.0. The van der Waals surface area contributed by atoms with Gasteiger partial charge in [0.1, 0.15) is 12.0 Å². The molecule has 0 aliphatic heterocycles. The van der Waals surface area contributed by atoms with Gasteiger partial charge in [-0.25, -0.2) is 0 Å². The molecule has 0 unspecified atom stereocenters. The predicted octanol–water partition coefficient (Wildman–Crippen LogP) is 7.84. The summed E-state index contributed by atoms with van der Waals surface area (Å²) in [6.07, 6.45) is 1.15. The molecule has 0 spiro atoms. The number of Topliss-reactive ketones (excluding diaryl/α,β-unsaturated/α-hetero) is 1. The Hall–Kier alpha value is 0.321. The lowest BCUT2D eigenvalue weighted by Gasteiger charge is -2.31. The highest BCUT2D eigenvalue weighted by molar-refractivity contribution is 6.85. The van der Waals surface area contributed by atoms with Crippen LogP contribution in [0.3, 0.4) is 0 Å². The second-order valence-electron chi connectivity index (χ2n) is 14.3. The lowest BCUT2D eigenvalue weighted by Crippen LogP contribution is -2.46. The number of esters is 1. The van der Waals surface area contributed by atoms with Gasteiger partial charge < -0.3 is 21.9 Å². The molecule has 0 aromatic carbocycles. The molecule has 0 N–H and O–H groups in total. The fraction of sp³-hybridized carbons (Fsp3) is 0.913. The van der Waals surface area contributed by atoms with Crippen LogP contribution in [0.1, 0.15) is 20.3 Å². The molecule has 0 heterocycles. The Morgan fingerprint density at radius 1 is 0.514 bits per heavy atom. The molecule has 0 aromatic heterocycles. The summed E-state index contributed by atoms with van der Waals surface area (Å²) in [7, 11) is -8.71. The molecule has 0 rings (SSSR count). The fourth-order valence-electron chi connectivity index (χ4n) is 3.41. The van der Waals surface area contributed by atoms with Crippen LogP contribution in [-0.2, 0) is 26.7 Å². The van der Waals surface area contributed by atoms with E-state index in [2.05, 4.69) is 105 Å². The van der Waals surface area contributed by atoms with Gasteiger partial charge >= 0.3 is 5.97 Å². The summed E-state index contributed by atoms with van der Waals surface area (Å²) in [5.74, 6) is 0.0551. The first-order chi connectivity index (χ1) is 15.0. The molecule has 0 amide bonds. The molecule has 0 fully saturated rings. The maximum absolute atomic E-state index is 10.8. The molecule has 35 heavy (non-hydrogen) atoms. The lowest BCUT2D eigenvalue weighted by molar-refractivity contribution is -0.139. The topological polar surface area (TPSA) is 71.1 Å². The Morgan fingerprint density at radius 2 is 0.829 bits per heavy atom. The van der Waals surface area contributed by atoms with E-state index in [1.165, 1.54) is 6.92 Å². The Morgan fingerprint density at radius 3 is 1.06 bits per heavy atom. The van der Waals surface area contributed by atoms with Crippen molar-refractivity contribution in [2.45, 2.75) is 131 Å². The van der Waals surface area contributed by atoms with E-state index in [0.29, 0.717) is 12.7 Å². The zero-order valence-electron chi connectivity index (χ0n) is 26.6. The van der Waals surface area contributed by atoms with E-state index in [-0.39, 0.29) is 11.8 Å². The van der Waals surface area contributed by atoms with Gasteiger partial charge in [0.05, 0.1) is 0 Å². The molecule has 0 aromatic rings. The molecule has 0 radical (unpaired) electrons. The second-order valence-corrected chi connectivity index (χ2v) is 41.4. The second kappa shape index (κ2) is 15.7. The maximum Gasteiger partial charge on any atom is 0.302 e. The van der Waals surface area contributed by atoms with Crippen LogP contribution in [0.25, 0.3) is 0 Å². The number of carbonyl (C=O) groups is 2. The Labute approximate surface area is 225 Å². The van der Waals surface area contributed by atoms with Crippen molar-refractivity contribution in [3.63, 3.8) is 0 Å². The highest BCUT2D eigenvalue weighted by Crippen LogP contribution is 2.19. The minimum atomic E-state index is -1.78. The van der Waals surface area contributed by atoms with Crippen molar-refractivity contribution in [1.82, 2.24) is 0 Å². The average molecular weight is 601 g/mol. The molecule has 12 heteroatoms. The molecular weight excluding hydrogens is 541 g/mol. The van der Waals surface area contributed by atoms with Gasteiger partial charge in [0.25, 0.3) is 0 Å². The summed E-state index contributed by atoms with van der Waals surface area (Å²) in [5.41, 5.74) is 0. The quantitative estimate of drug-likeness (QED) is 0.178. The lowest BCUT2D eigenvalue weighted by atomic mass is 10.4. The fourth-order valence-corrected chi connectivity index (χ4v) is 26.2. The van der Waals surface area contributed by atoms with Gasteiger partial charge in [-0.3, -0.25) is 4.79 Å². The minimum Gasteiger partial charge on any atom is -0.467 e. The van der Waals surface area contributed by atoms with Crippen LogP contribution in [0, 0.1) is 0 Å². The van der Waals surface area contributed by atoms with Gasteiger partial charge in [0.2, 0.25) is 8.32 Å². The summed E-state index contributed by atoms with van der Waals surface area (Å²) < 4.78 is 23.0. The van der Waals surface area contributed by atoms with Crippen molar-refractivity contribution < 1.29 is 26.7 Å². The normalized spacial score (nSPS) is 13.2. The number of ketones is 1. The molecule has 212 valence electrons. The number of carbonyl (C=O) groups excluding carboxylic acids is 2. The molecule has 0 aliphatic carbocycles. The van der Waals surface area contributed by atoms with E-state index in [1.54, 1.807) is 6.92 Å². The van der Waals surface area contributed by atoms with Crippen molar-refractivity contribution in [3.8, 4) is 0 Å². The van der Waals surface area contributed by atoms with Crippen molar-refractivity contribution in [1.29, 1.82) is 0 Å². The van der Waals surface area contributed by atoms with Gasteiger partial charge in [-0.15, -0.1) is 0 Å². The van der Waals surface area contributed by atoms with E-state index in [1.807, 2.05) is 0 Å². The van der Waals surface area contributed by atoms with E-state index in [9.17, 15) is 9.59 Å². The van der Waals surface area contributed by atoms with Crippen LogP contribution in [-0.4, -0.2) is 67.9 Å². The van der Waals surface area contributed by atoms with Gasteiger partial charge in [-0.05, 0) is 118 Å². The monoisotopic (exact) mass is 600 g/mol. The minimum absolute atomic E-state index is 0.222. The zero-order valence-corrected chi connectivity index (χ0v) is 32.6. The SMILES string of the molecule is CC(=O)CC[Si](C)(C)O[Si](C)(C)C.CC(=O)OC[Si](C)(C)O[Si](C)(C)C.C[Si](C)(C)O[Si](C)(C)C. The third-order valence-electron chi connectivity index (χ3n) is 3.48. The average Bonchev–Trinajstić information content (AvgIpc) is 2.44. The first-order valence-electron chi connectivity index (χ1n) is 12.7. The zero-order chi connectivity index (χ0) is 29.1. The molecule has 0 bridgehead atoms. The smallest absolute Gasteiger partial charge is 0.302 e. The molecule has 6 nitrogen and oxygen atoms in total. The van der Waals surface area contributed by atoms with Crippen molar-refractivity contribution in [2.24, 2.45) is 0 Å². The van der Waals surface area contributed by atoms with Crippen LogP contribution < -0.4 is 0 Å². The van der Waals surface area contributed by atoms with Crippen molar-refractivity contribution in [3.05, 3.63) is 0 Å². The third kappa shape index (κ3) is 39.0. The summed E-state index contributed by atoms with van der Waals surface area (Å²) in [5, 5.41) is 0. The first kappa shape index (κ1) is 39.8. The maximum atomic E-state index is 10.8. The molecule has 0 atom stereocenters. The van der Waals surface area contributed by atoms with Crippen LogP contribution >= 0.6 is 0 Å². The molecule has 0 saturated carbocycles. The summed E-state index contributed by atoms with van der Waals surface area (Å²) in [6, 6.07) is 0.965. The number of ether oxygens (including phenoxy) is 1. The largest absolute Gasteiger partial charge is 0.467 e. The van der Waals surface area contributed by atoms with Gasteiger partial charge in [0.15, 0.2) is 41.6 Å². The highest BCUT2D eigenvalue weighted by atomic mass is 28.4. The number of hydrogen-bond acceptors (Lipinski definition) is 6. The van der Waals surface area contributed by atoms with Gasteiger partial charge in [-0.1, -0.05) is 0 Å². The Bertz CT molecular complexity index is 572. The van der Waals surface area contributed by atoms with E-state index < -0.39 is 49.9 Å². The Balaban J connectivity index is -0.000000448. The van der Waals surface area contributed by atoms with E-state index >= 15 is 0 Å². The number of rotatable bonds is 11. The molecule has 0 saturated heterocycles. The number of hydrogen-bond donors (Lipinski definition) is 0. The van der Waals surface area contributed by atoms with Crippen molar-refractivity contribution >= 4 is 61.7 Å². The summed E-state index contributed by atoms with van der Waals surface area (Å²) >= 11 is 0. The van der Waals surface area contributed by atoms with Gasteiger partial charge in [0, 0.05) is 13.3 Å². The highest BCUT2D eigenvalue weighted by Gasteiger charge is 2.31.